The Morgan fingerprint density at radius 2 is 0.580 bits per heavy atom. The van der Waals surface area contributed by atoms with Crippen molar-refractivity contribution in [2.45, 2.75) is 271 Å². The van der Waals surface area contributed by atoms with E-state index < -0.39 is 6.10 Å². The topological polar surface area (TPSA) is 78.9 Å². The van der Waals surface area contributed by atoms with Crippen molar-refractivity contribution < 1.29 is 28.6 Å². The van der Waals surface area contributed by atoms with Crippen LogP contribution in [0, 0.1) is 0 Å². The molecule has 0 aliphatic carbocycles. The lowest BCUT2D eigenvalue weighted by atomic mass is 10.1. The second-order valence-corrected chi connectivity index (χ2v) is 18.8. The number of unbranched alkanes of at least 4 members (excludes halogenated alkanes) is 24. The molecule has 0 aromatic carbocycles. The summed E-state index contributed by atoms with van der Waals surface area (Å²) < 4.78 is 16.8. The first kappa shape index (κ1) is 65.3. The molecule has 6 heteroatoms. The van der Waals surface area contributed by atoms with Crippen molar-refractivity contribution in [3.63, 3.8) is 0 Å². The molecule has 0 aliphatic rings. The molecule has 0 radical (unpaired) electrons. The molecule has 0 N–H and O–H groups in total. The van der Waals surface area contributed by atoms with E-state index in [0.29, 0.717) is 19.3 Å². The van der Waals surface area contributed by atoms with Crippen molar-refractivity contribution in [2.24, 2.45) is 0 Å². The van der Waals surface area contributed by atoms with E-state index in [2.05, 4.69) is 118 Å². The van der Waals surface area contributed by atoms with Gasteiger partial charge >= 0.3 is 17.9 Å². The average Bonchev–Trinajstić information content (AvgIpc) is 3.35. The molecule has 0 rings (SSSR count). The van der Waals surface area contributed by atoms with Crippen LogP contribution in [0.15, 0.2) is 97.2 Å². The summed E-state index contributed by atoms with van der Waals surface area (Å²) in [6.45, 7) is 6.44. The summed E-state index contributed by atoms with van der Waals surface area (Å²) in [4.78, 5) is 38.1. The van der Waals surface area contributed by atoms with Gasteiger partial charge in [-0.25, -0.2) is 0 Å². The molecular weight excluding hydrogens is 853 g/mol. The quantitative estimate of drug-likeness (QED) is 0.0262. The fourth-order valence-corrected chi connectivity index (χ4v) is 7.74. The van der Waals surface area contributed by atoms with Gasteiger partial charge in [-0.2, -0.15) is 0 Å². The SMILES string of the molecule is CC/C=C\C/C=C\C/C=C\C/C=C\C/C=C\CCCC(=O)OC[C@H](COC(=O)CCCCCCCCCCC/C=C\C/C=C\CCCCC)OC(=O)CCCCCCC/C=C\CCCCCCCC. The van der Waals surface area contributed by atoms with Crippen molar-refractivity contribution in [3.8, 4) is 0 Å². The molecule has 0 heterocycles. The smallest absolute Gasteiger partial charge is 0.306 e. The lowest BCUT2D eigenvalue weighted by molar-refractivity contribution is -0.167. The van der Waals surface area contributed by atoms with Crippen LogP contribution >= 0.6 is 0 Å². The Kier molecular flexibility index (Phi) is 53.9. The van der Waals surface area contributed by atoms with Gasteiger partial charge in [-0.3, -0.25) is 14.4 Å². The maximum Gasteiger partial charge on any atom is 0.306 e. The van der Waals surface area contributed by atoms with Crippen molar-refractivity contribution in [1.29, 1.82) is 0 Å². The highest BCUT2D eigenvalue weighted by Crippen LogP contribution is 2.14. The number of hydrogen-bond donors (Lipinski definition) is 0. The highest BCUT2D eigenvalue weighted by molar-refractivity contribution is 5.71. The molecule has 69 heavy (non-hydrogen) atoms. The molecule has 0 aromatic heterocycles. The van der Waals surface area contributed by atoms with Crippen molar-refractivity contribution in [1.82, 2.24) is 0 Å². The maximum absolute atomic E-state index is 12.8. The number of rotatable bonds is 51. The van der Waals surface area contributed by atoms with E-state index in [1.165, 1.54) is 122 Å². The fraction of sp³-hybridized carbons (Fsp3) is 0.698. The molecule has 0 fully saturated rings. The zero-order valence-corrected chi connectivity index (χ0v) is 45.0. The van der Waals surface area contributed by atoms with Crippen LogP contribution in [-0.4, -0.2) is 37.2 Å². The fourth-order valence-electron chi connectivity index (χ4n) is 7.74. The monoisotopic (exact) mass is 959 g/mol. The molecule has 0 spiro atoms. The van der Waals surface area contributed by atoms with Gasteiger partial charge in [0.05, 0.1) is 0 Å². The van der Waals surface area contributed by atoms with Crippen LogP contribution in [0.2, 0.25) is 0 Å². The highest BCUT2D eigenvalue weighted by Gasteiger charge is 2.19. The second kappa shape index (κ2) is 56.9. The molecule has 0 saturated carbocycles. The molecular formula is C63H106O6. The molecule has 0 saturated heterocycles. The Bertz CT molecular complexity index is 1380. The predicted molar refractivity (Wildman–Crippen MR) is 297 cm³/mol. The van der Waals surface area contributed by atoms with Crippen LogP contribution in [0.4, 0.5) is 0 Å². The average molecular weight is 960 g/mol. The molecule has 0 amide bonds. The van der Waals surface area contributed by atoms with Crippen LogP contribution in [-0.2, 0) is 28.6 Å². The minimum atomic E-state index is -0.808. The Labute approximate surface area is 426 Å². The Hall–Kier alpha value is -3.67. The summed E-state index contributed by atoms with van der Waals surface area (Å²) in [5.74, 6) is -0.971. The largest absolute Gasteiger partial charge is 0.462 e. The van der Waals surface area contributed by atoms with Crippen LogP contribution < -0.4 is 0 Å². The number of esters is 3. The summed E-state index contributed by atoms with van der Waals surface area (Å²) >= 11 is 0. The normalized spacial score (nSPS) is 12.8. The molecule has 0 bridgehead atoms. The van der Waals surface area contributed by atoms with Gasteiger partial charge in [0.15, 0.2) is 6.10 Å². The standard InChI is InChI=1S/C63H106O6/c1-4-7-10-13-16-19-22-25-28-30-31-33-36-38-41-44-47-50-53-56-62(65)68-59-60(69-63(66)57-54-51-48-45-42-39-34-27-24-21-18-15-12-9-6-3)58-67-61(64)55-52-49-46-43-40-37-35-32-29-26-23-20-17-14-11-8-5-2/h8,11,16-17,19-20,25-29,34-35,37,43,46,60H,4-7,9-10,12-15,18,21-24,30-33,36,38-42,44-45,47-59H2,1-3H3/b11-8-,19-16-,20-17-,28-25-,29-26-,34-27-,37-35-,46-43-/t60-/m1/s1. The number of carbonyl (C=O) groups excluding carboxylic acids is 3. The summed E-state index contributed by atoms with van der Waals surface area (Å²) in [5, 5.41) is 0. The van der Waals surface area contributed by atoms with Crippen LogP contribution in [0.5, 0.6) is 0 Å². The van der Waals surface area contributed by atoms with Gasteiger partial charge in [-0.05, 0) is 116 Å². The molecule has 0 unspecified atom stereocenters. The predicted octanol–water partition coefficient (Wildman–Crippen LogP) is 19.3. The van der Waals surface area contributed by atoms with E-state index in [-0.39, 0.29) is 37.5 Å². The molecule has 0 aromatic rings. The first-order chi connectivity index (χ1) is 34.0. The molecule has 1 atom stereocenters. The Morgan fingerprint density at radius 3 is 0.986 bits per heavy atom. The summed E-state index contributed by atoms with van der Waals surface area (Å²) in [6, 6.07) is 0. The van der Waals surface area contributed by atoms with Crippen molar-refractivity contribution in [2.75, 3.05) is 13.2 Å². The van der Waals surface area contributed by atoms with Crippen LogP contribution in [0.1, 0.15) is 265 Å². The van der Waals surface area contributed by atoms with Gasteiger partial charge < -0.3 is 14.2 Å². The summed E-state index contributed by atoms with van der Waals surface area (Å²) in [6.07, 6.45) is 75.4. The highest BCUT2D eigenvalue weighted by atomic mass is 16.6. The van der Waals surface area contributed by atoms with E-state index in [1.54, 1.807) is 0 Å². The van der Waals surface area contributed by atoms with Gasteiger partial charge in [0.1, 0.15) is 13.2 Å². The third kappa shape index (κ3) is 55.1. The van der Waals surface area contributed by atoms with Crippen LogP contribution in [0.25, 0.3) is 0 Å². The van der Waals surface area contributed by atoms with Crippen molar-refractivity contribution in [3.05, 3.63) is 97.2 Å². The number of ether oxygens (including phenoxy) is 3. The number of carbonyl (C=O) groups is 3. The molecule has 394 valence electrons. The second-order valence-electron chi connectivity index (χ2n) is 18.8. The van der Waals surface area contributed by atoms with Gasteiger partial charge in [0, 0.05) is 19.3 Å². The Morgan fingerprint density at radius 1 is 0.304 bits per heavy atom. The first-order valence-corrected chi connectivity index (χ1v) is 28.7. The minimum Gasteiger partial charge on any atom is -0.462 e. The van der Waals surface area contributed by atoms with Crippen LogP contribution in [0.3, 0.4) is 0 Å². The third-order valence-corrected chi connectivity index (χ3v) is 12.0. The van der Waals surface area contributed by atoms with E-state index in [0.717, 1.165) is 96.3 Å². The minimum absolute atomic E-state index is 0.101. The van der Waals surface area contributed by atoms with Crippen molar-refractivity contribution >= 4 is 17.9 Å². The Balaban J connectivity index is 4.47. The van der Waals surface area contributed by atoms with E-state index >= 15 is 0 Å². The maximum atomic E-state index is 12.8. The third-order valence-electron chi connectivity index (χ3n) is 12.0. The summed E-state index contributed by atoms with van der Waals surface area (Å²) in [7, 11) is 0. The van der Waals surface area contributed by atoms with Gasteiger partial charge in [-0.1, -0.05) is 227 Å². The lowest BCUT2D eigenvalue weighted by Crippen LogP contribution is -2.30. The summed E-state index contributed by atoms with van der Waals surface area (Å²) in [5.41, 5.74) is 0. The number of hydrogen-bond acceptors (Lipinski definition) is 6. The molecule has 6 nitrogen and oxygen atoms in total. The van der Waals surface area contributed by atoms with Gasteiger partial charge in [0.25, 0.3) is 0 Å². The lowest BCUT2D eigenvalue weighted by Gasteiger charge is -2.18. The first-order valence-electron chi connectivity index (χ1n) is 28.7. The van der Waals surface area contributed by atoms with E-state index in [4.69, 9.17) is 14.2 Å². The van der Waals surface area contributed by atoms with Gasteiger partial charge in [0.2, 0.25) is 0 Å². The molecule has 0 aliphatic heterocycles. The zero-order chi connectivity index (χ0) is 50.0. The number of allylic oxidation sites excluding steroid dienone is 16. The van der Waals surface area contributed by atoms with E-state index in [9.17, 15) is 14.4 Å². The zero-order valence-electron chi connectivity index (χ0n) is 45.0. The van der Waals surface area contributed by atoms with Gasteiger partial charge in [-0.15, -0.1) is 0 Å². The van der Waals surface area contributed by atoms with E-state index in [1.807, 2.05) is 0 Å².